The number of carbonyl (C=O) groups is 1. The summed E-state index contributed by atoms with van der Waals surface area (Å²) in [5.41, 5.74) is 5.70. The van der Waals surface area contributed by atoms with Gasteiger partial charge in [0, 0.05) is 24.8 Å². The zero-order valence-corrected chi connectivity index (χ0v) is 15.5. The van der Waals surface area contributed by atoms with E-state index in [-0.39, 0.29) is 17.2 Å². The van der Waals surface area contributed by atoms with E-state index >= 15 is 0 Å². The summed E-state index contributed by atoms with van der Waals surface area (Å²) >= 11 is 3.34. The molecule has 0 aliphatic rings. The van der Waals surface area contributed by atoms with E-state index in [1.54, 1.807) is 18.3 Å². The quantitative estimate of drug-likeness (QED) is 0.462. The van der Waals surface area contributed by atoms with Crippen LogP contribution in [-0.2, 0) is 14.8 Å². The first-order valence-electron chi connectivity index (χ1n) is 7.20. The maximum Gasteiger partial charge on any atom is 0.238 e. The zero-order valence-electron chi connectivity index (χ0n) is 13.1. The largest absolute Gasteiger partial charge is 0.370 e. The van der Waals surface area contributed by atoms with Gasteiger partial charge in [-0.3, -0.25) is 4.79 Å². The van der Waals surface area contributed by atoms with Crippen LogP contribution in [0.4, 0.5) is 17.5 Å². The Hall–Kier alpha value is -2.24. The van der Waals surface area contributed by atoms with Crippen molar-refractivity contribution < 1.29 is 13.2 Å². The van der Waals surface area contributed by atoms with Crippen molar-refractivity contribution in [2.45, 2.75) is 17.7 Å². The SMILES string of the molecule is NC(=O)CCCNc1nc(Nc2ccc(S(N)(=O)=O)cc2)ncc1Br. The molecule has 0 aliphatic heterocycles. The Morgan fingerprint density at radius 1 is 1.24 bits per heavy atom. The zero-order chi connectivity index (χ0) is 18.4. The van der Waals surface area contributed by atoms with Crippen LogP contribution in [0.1, 0.15) is 12.8 Å². The number of primary sulfonamides is 1. The van der Waals surface area contributed by atoms with Gasteiger partial charge >= 0.3 is 0 Å². The first-order chi connectivity index (χ1) is 11.8. The monoisotopic (exact) mass is 428 g/mol. The van der Waals surface area contributed by atoms with Crippen LogP contribution in [0.3, 0.4) is 0 Å². The molecular formula is C14H17BrN6O3S. The third kappa shape index (κ3) is 5.96. The van der Waals surface area contributed by atoms with Gasteiger partial charge in [0.05, 0.1) is 9.37 Å². The maximum atomic E-state index is 11.2. The minimum absolute atomic E-state index is 0.0200. The lowest BCUT2D eigenvalue weighted by atomic mass is 10.3. The van der Waals surface area contributed by atoms with Crippen LogP contribution in [0.5, 0.6) is 0 Å². The average molecular weight is 429 g/mol. The topological polar surface area (TPSA) is 153 Å². The van der Waals surface area contributed by atoms with Crippen molar-refractivity contribution in [3.05, 3.63) is 34.9 Å². The Labute approximate surface area is 153 Å². The highest BCUT2D eigenvalue weighted by Crippen LogP contribution is 2.22. The number of amides is 1. The Bertz CT molecular complexity index is 857. The summed E-state index contributed by atoms with van der Waals surface area (Å²) in [7, 11) is -3.73. The van der Waals surface area contributed by atoms with Crippen molar-refractivity contribution in [2.75, 3.05) is 17.2 Å². The number of nitrogens with zero attached hydrogens (tertiary/aromatic N) is 2. The van der Waals surface area contributed by atoms with E-state index in [1.165, 1.54) is 12.1 Å². The van der Waals surface area contributed by atoms with Crippen molar-refractivity contribution in [2.24, 2.45) is 10.9 Å². The number of aromatic nitrogens is 2. The third-order valence-corrected chi connectivity index (χ3v) is 4.59. The van der Waals surface area contributed by atoms with Crippen LogP contribution < -0.4 is 21.5 Å². The van der Waals surface area contributed by atoms with E-state index < -0.39 is 10.0 Å². The fourth-order valence-electron chi connectivity index (χ4n) is 1.88. The van der Waals surface area contributed by atoms with E-state index in [2.05, 4.69) is 36.5 Å². The number of hydrogen-bond donors (Lipinski definition) is 4. The lowest BCUT2D eigenvalue weighted by molar-refractivity contribution is -0.118. The van der Waals surface area contributed by atoms with E-state index in [0.29, 0.717) is 34.9 Å². The van der Waals surface area contributed by atoms with Crippen LogP contribution in [0, 0.1) is 0 Å². The number of nitrogens with one attached hydrogen (secondary N) is 2. The molecule has 0 fully saturated rings. The molecule has 0 atom stereocenters. The van der Waals surface area contributed by atoms with Gasteiger partial charge in [-0.1, -0.05) is 0 Å². The molecule has 25 heavy (non-hydrogen) atoms. The molecule has 6 N–H and O–H groups in total. The molecule has 0 radical (unpaired) electrons. The Morgan fingerprint density at radius 2 is 1.92 bits per heavy atom. The molecular weight excluding hydrogens is 412 g/mol. The Morgan fingerprint density at radius 3 is 2.52 bits per heavy atom. The number of primary amides is 1. The Kier molecular flexibility index (Phi) is 6.28. The first-order valence-corrected chi connectivity index (χ1v) is 9.54. The minimum atomic E-state index is -3.73. The number of anilines is 3. The maximum absolute atomic E-state index is 11.2. The summed E-state index contributed by atoms with van der Waals surface area (Å²) < 4.78 is 23.2. The van der Waals surface area contributed by atoms with Crippen molar-refractivity contribution in [3.8, 4) is 0 Å². The van der Waals surface area contributed by atoms with Gasteiger partial charge in [0.2, 0.25) is 21.9 Å². The summed E-state index contributed by atoms with van der Waals surface area (Å²) in [6, 6.07) is 5.90. The molecule has 0 spiro atoms. The number of hydrogen-bond acceptors (Lipinski definition) is 7. The third-order valence-electron chi connectivity index (χ3n) is 3.08. The summed E-state index contributed by atoms with van der Waals surface area (Å²) in [5, 5.41) is 11.1. The highest BCUT2D eigenvalue weighted by molar-refractivity contribution is 9.10. The second-order valence-corrected chi connectivity index (χ2v) is 7.50. The molecule has 11 heteroatoms. The molecule has 0 unspecified atom stereocenters. The second-order valence-electron chi connectivity index (χ2n) is 5.08. The highest BCUT2D eigenvalue weighted by atomic mass is 79.9. The number of sulfonamides is 1. The van der Waals surface area contributed by atoms with Gasteiger partial charge in [0.15, 0.2) is 0 Å². The number of benzene rings is 1. The van der Waals surface area contributed by atoms with E-state index in [4.69, 9.17) is 10.9 Å². The van der Waals surface area contributed by atoms with Gasteiger partial charge in [-0.05, 0) is 46.6 Å². The molecule has 1 aromatic carbocycles. The number of rotatable bonds is 8. The number of halogens is 1. The lowest BCUT2D eigenvalue weighted by Gasteiger charge is -2.10. The van der Waals surface area contributed by atoms with Gasteiger partial charge in [-0.15, -0.1) is 0 Å². The van der Waals surface area contributed by atoms with Gasteiger partial charge < -0.3 is 16.4 Å². The van der Waals surface area contributed by atoms with E-state index in [0.717, 1.165) is 0 Å². The van der Waals surface area contributed by atoms with Crippen LogP contribution in [0.15, 0.2) is 39.8 Å². The molecule has 134 valence electrons. The summed E-state index contributed by atoms with van der Waals surface area (Å²) in [6.07, 6.45) is 2.45. The molecule has 1 aromatic heterocycles. The molecule has 2 rings (SSSR count). The molecule has 0 saturated heterocycles. The first kappa shape index (κ1) is 19.1. The van der Waals surface area contributed by atoms with Crippen molar-refractivity contribution >= 4 is 49.3 Å². The smallest absolute Gasteiger partial charge is 0.238 e. The molecule has 0 aliphatic carbocycles. The van der Waals surface area contributed by atoms with Gasteiger partial charge in [0.25, 0.3) is 0 Å². The van der Waals surface area contributed by atoms with Crippen LogP contribution >= 0.6 is 15.9 Å². The van der Waals surface area contributed by atoms with Gasteiger partial charge in [-0.2, -0.15) is 4.98 Å². The predicted octanol–water partition coefficient (Wildman–Crippen LogP) is 1.31. The molecule has 9 nitrogen and oxygen atoms in total. The minimum Gasteiger partial charge on any atom is -0.370 e. The standard InChI is InChI=1S/C14H17BrN6O3S/c15-11-8-19-14(21-13(11)18-7-1-2-12(16)22)20-9-3-5-10(6-4-9)25(17,23)24/h3-6,8H,1-2,7H2,(H2,16,22)(H2,17,23,24)(H2,18,19,20,21). The fraction of sp³-hybridized carbons (Fsp3) is 0.214. The van der Waals surface area contributed by atoms with Gasteiger partial charge in [-0.25, -0.2) is 18.5 Å². The number of carbonyl (C=O) groups excluding carboxylic acids is 1. The normalized spacial score (nSPS) is 11.1. The Balaban J connectivity index is 2.05. The molecule has 0 saturated carbocycles. The van der Waals surface area contributed by atoms with Gasteiger partial charge in [0.1, 0.15) is 5.82 Å². The second kappa shape index (κ2) is 8.23. The molecule has 1 heterocycles. The molecule has 0 bridgehead atoms. The summed E-state index contributed by atoms with van der Waals surface area (Å²) in [5.74, 6) is 0.529. The van der Waals surface area contributed by atoms with Crippen LogP contribution in [0.2, 0.25) is 0 Å². The van der Waals surface area contributed by atoms with E-state index in [9.17, 15) is 13.2 Å². The number of nitrogens with two attached hydrogens (primary N) is 2. The highest BCUT2D eigenvalue weighted by Gasteiger charge is 2.08. The molecule has 2 aromatic rings. The van der Waals surface area contributed by atoms with E-state index in [1.807, 2.05) is 0 Å². The van der Waals surface area contributed by atoms with Crippen molar-refractivity contribution in [3.63, 3.8) is 0 Å². The fourth-order valence-corrected chi connectivity index (χ4v) is 2.72. The molecule has 1 amide bonds. The summed E-state index contributed by atoms with van der Waals surface area (Å²) in [6.45, 7) is 0.529. The predicted molar refractivity (Wildman–Crippen MR) is 97.7 cm³/mol. The lowest BCUT2D eigenvalue weighted by Crippen LogP contribution is -2.13. The van der Waals surface area contributed by atoms with Crippen molar-refractivity contribution in [1.82, 2.24) is 9.97 Å². The summed E-state index contributed by atoms with van der Waals surface area (Å²) in [4.78, 5) is 19.2. The van der Waals surface area contributed by atoms with Crippen LogP contribution in [0.25, 0.3) is 0 Å². The average Bonchev–Trinajstić information content (AvgIpc) is 2.54. The van der Waals surface area contributed by atoms with Crippen molar-refractivity contribution in [1.29, 1.82) is 0 Å². The van der Waals surface area contributed by atoms with Crippen LogP contribution in [-0.4, -0.2) is 30.8 Å².